The molecule has 0 amide bonds. The molecule has 80 valence electrons. The molecule has 0 aromatic rings. The summed E-state index contributed by atoms with van der Waals surface area (Å²) in [4.78, 5) is 0. The minimum absolute atomic E-state index is 0.161. The molecule has 0 unspecified atom stereocenters. The molecule has 4 heteroatoms. The monoisotopic (exact) mass is 207 g/mol. The van der Waals surface area contributed by atoms with Crippen LogP contribution >= 0.6 is 0 Å². The van der Waals surface area contributed by atoms with Crippen LogP contribution in [0.4, 0.5) is 0 Å². The summed E-state index contributed by atoms with van der Waals surface area (Å²) in [7, 11) is -3.06. The maximum Gasteiger partial charge on any atom is 0.211 e. The summed E-state index contributed by atoms with van der Waals surface area (Å²) >= 11 is 0. The topological polar surface area (TPSA) is 46.2 Å². The second-order valence-electron chi connectivity index (χ2n) is 3.35. The smallest absolute Gasteiger partial charge is 0.211 e. The SMILES string of the molecule is CCC(CC)(CC)NS(=O)(=O)CC. The van der Waals surface area contributed by atoms with Gasteiger partial charge in [-0.15, -0.1) is 0 Å². The van der Waals surface area contributed by atoms with Crippen LogP contribution in [-0.4, -0.2) is 19.7 Å². The Kier molecular flexibility index (Phi) is 4.92. The van der Waals surface area contributed by atoms with E-state index in [1.54, 1.807) is 6.92 Å². The zero-order valence-electron chi connectivity index (χ0n) is 9.05. The predicted octanol–water partition coefficient (Wildman–Crippen LogP) is 1.89. The molecule has 0 aromatic heterocycles. The van der Waals surface area contributed by atoms with Crippen molar-refractivity contribution in [2.75, 3.05) is 5.75 Å². The molecule has 0 aliphatic heterocycles. The lowest BCUT2D eigenvalue weighted by Crippen LogP contribution is -2.47. The van der Waals surface area contributed by atoms with Gasteiger partial charge in [-0.3, -0.25) is 0 Å². The third-order valence-electron chi connectivity index (χ3n) is 2.78. The molecule has 0 radical (unpaired) electrons. The second-order valence-corrected chi connectivity index (χ2v) is 5.36. The van der Waals surface area contributed by atoms with E-state index in [9.17, 15) is 8.42 Å². The molecule has 0 atom stereocenters. The highest BCUT2D eigenvalue weighted by Gasteiger charge is 2.28. The lowest BCUT2D eigenvalue weighted by molar-refractivity contribution is 0.342. The van der Waals surface area contributed by atoms with Crippen molar-refractivity contribution in [2.45, 2.75) is 52.5 Å². The maximum atomic E-state index is 11.4. The zero-order valence-corrected chi connectivity index (χ0v) is 9.87. The first-order chi connectivity index (χ1) is 5.95. The number of hydrogen-bond acceptors (Lipinski definition) is 2. The van der Waals surface area contributed by atoms with Gasteiger partial charge < -0.3 is 0 Å². The van der Waals surface area contributed by atoms with E-state index in [0.717, 1.165) is 19.3 Å². The highest BCUT2D eigenvalue weighted by Crippen LogP contribution is 2.20. The van der Waals surface area contributed by atoms with Gasteiger partial charge in [-0.25, -0.2) is 13.1 Å². The van der Waals surface area contributed by atoms with Gasteiger partial charge in [0.15, 0.2) is 0 Å². The molecule has 0 bridgehead atoms. The van der Waals surface area contributed by atoms with Gasteiger partial charge in [-0.05, 0) is 26.2 Å². The minimum atomic E-state index is -3.06. The third-order valence-corrected chi connectivity index (χ3v) is 4.29. The van der Waals surface area contributed by atoms with E-state index in [1.165, 1.54) is 0 Å². The van der Waals surface area contributed by atoms with Gasteiger partial charge in [0.05, 0.1) is 5.75 Å². The molecule has 0 aromatic carbocycles. The van der Waals surface area contributed by atoms with Crippen LogP contribution in [-0.2, 0) is 10.0 Å². The van der Waals surface area contributed by atoms with Crippen LogP contribution in [0.15, 0.2) is 0 Å². The molecule has 0 saturated carbocycles. The highest BCUT2D eigenvalue weighted by molar-refractivity contribution is 7.89. The standard InChI is InChI=1S/C9H21NO2S/c1-5-9(6-2,7-3)10-13(11,12)8-4/h10H,5-8H2,1-4H3. The molecule has 3 nitrogen and oxygen atoms in total. The Hall–Kier alpha value is -0.0900. The summed E-state index contributed by atoms with van der Waals surface area (Å²) in [6, 6.07) is 0. The highest BCUT2D eigenvalue weighted by atomic mass is 32.2. The summed E-state index contributed by atoms with van der Waals surface area (Å²) in [5.74, 6) is 0.161. The number of nitrogens with one attached hydrogen (secondary N) is 1. The molecule has 1 N–H and O–H groups in total. The van der Waals surface area contributed by atoms with Crippen molar-refractivity contribution in [1.29, 1.82) is 0 Å². The fourth-order valence-corrected chi connectivity index (χ4v) is 2.61. The van der Waals surface area contributed by atoms with Crippen LogP contribution in [0, 0.1) is 0 Å². The van der Waals surface area contributed by atoms with Crippen molar-refractivity contribution >= 4 is 10.0 Å². The molecular formula is C9H21NO2S. The first-order valence-electron chi connectivity index (χ1n) is 4.97. The van der Waals surface area contributed by atoms with Gasteiger partial charge >= 0.3 is 0 Å². The van der Waals surface area contributed by atoms with E-state index in [1.807, 2.05) is 20.8 Å². The molecule has 0 saturated heterocycles. The number of hydrogen-bond donors (Lipinski definition) is 1. The fourth-order valence-electron chi connectivity index (χ4n) is 1.37. The Bertz CT molecular complexity index is 222. The zero-order chi connectivity index (χ0) is 10.5. The van der Waals surface area contributed by atoms with Crippen LogP contribution in [0.3, 0.4) is 0 Å². The van der Waals surface area contributed by atoms with Crippen molar-refractivity contribution < 1.29 is 8.42 Å². The Morgan fingerprint density at radius 2 is 1.38 bits per heavy atom. The normalized spacial score (nSPS) is 13.2. The average Bonchev–Trinajstić information content (AvgIpc) is 2.14. The van der Waals surface area contributed by atoms with Crippen molar-refractivity contribution in [3.05, 3.63) is 0 Å². The Morgan fingerprint density at radius 1 is 1.00 bits per heavy atom. The first kappa shape index (κ1) is 12.9. The van der Waals surface area contributed by atoms with E-state index >= 15 is 0 Å². The summed E-state index contributed by atoms with van der Waals surface area (Å²) < 4.78 is 25.5. The van der Waals surface area contributed by atoms with E-state index in [-0.39, 0.29) is 11.3 Å². The minimum Gasteiger partial charge on any atom is -0.212 e. The van der Waals surface area contributed by atoms with Crippen molar-refractivity contribution in [3.8, 4) is 0 Å². The lowest BCUT2D eigenvalue weighted by atomic mass is 9.91. The van der Waals surface area contributed by atoms with Crippen molar-refractivity contribution in [1.82, 2.24) is 4.72 Å². The maximum absolute atomic E-state index is 11.4. The van der Waals surface area contributed by atoms with E-state index in [0.29, 0.717) is 0 Å². The quantitative estimate of drug-likeness (QED) is 0.723. The van der Waals surface area contributed by atoms with Gasteiger partial charge in [0.25, 0.3) is 0 Å². The molecule has 0 aliphatic rings. The van der Waals surface area contributed by atoms with Crippen LogP contribution in [0.1, 0.15) is 47.0 Å². The molecule has 13 heavy (non-hydrogen) atoms. The summed E-state index contributed by atoms with van der Waals surface area (Å²) in [6.45, 7) is 7.72. The van der Waals surface area contributed by atoms with Crippen molar-refractivity contribution in [3.63, 3.8) is 0 Å². The summed E-state index contributed by atoms with van der Waals surface area (Å²) in [5, 5.41) is 0. The van der Waals surface area contributed by atoms with Crippen LogP contribution < -0.4 is 4.72 Å². The molecule has 0 heterocycles. The van der Waals surface area contributed by atoms with E-state index in [2.05, 4.69) is 4.72 Å². The molecule has 0 rings (SSSR count). The first-order valence-corrected chi connectivity index (χ1v) is 6.62. The van der Waals surface area contributed by atoms with Gasteiger partial charge in [-0.2, -0.15) is 0 Å². The van der Waals surface area contributed by atoms with Crippen LogP contribution in [0.2, 0.25) is 0 Å². The molecule has 0 fully saturated rings. The predicted molar refractivity (Wildman–Crippen MR) is 56.2 cm³/mol. The van der Waals surface area contributed by atoms with Gasteiger partial charge in [-0.1, -0.05) is 20.8 Å². The molecular weight excluding hydrogens is 186 g/mol. The van der Waals surface area contributed by atoms with Crippen molar-refractivity contribution in [2.24, 2.45) is 0 Å². The van der Waals surface area contributed by atoms with Crippen LogP contribution in [0.25, 0.3) is 0 Å². The number of rotatable bonds is 6. The largest absolute Gasteiger partial charge is 0.212 e. The van der Waals surface area contributed by atoms with Gasteiger partial charge in [0, 0.05) is 5.54 Å². The molecule has 0 spiro atoms. The Balaban J connectivity index is 4.61. The summed E-state index contributed by atoms with van der Waals surface area (Å²) in [6.07, 6.45) is 2.54. The fraction of sp³-hybridized carbons (Fsp3) is 1.00. The molecule has 0 aliphatic carbocycles. The van der Waals surface area contributed by atoms with Gasteiger partial charge in [0.1, 0.15) is 0 Å². The van der Waals surface area contributed by atoms with Crippen LogP contribution in [0.5, 0.6) is 0 Å². The second kappa shape index (κ2) is 4.96. The van der Waals surface area contributed by atoms with E-state index in [4.69, 9.17) is 0 Å². The average molecular weight is 207 g/mol. The third kappa shape index (κ3) is 3.65. The Labute approximate surface area is 82.0 Å². The summed E-state index contributed by atoms with van der Waals surface area (Å²) in [5.41, 5.74) is -0.227. The van der Waals surface area contributed by atoms with E-state index < -0.39 is 10.0 Å². The van der Waals surface area contributed by atoms with Gasteiger partial charge in [0.2, 0.25) is 10.0 Å². The Morgan fingerprint density at radius 3 is 1.62 bits per heavy atom. The lowest BCUT2D eigenvalue weighted by Gasteiger charge is -2.31. The number of sulfonamides is 1.